The van der Waals surface area contributed by atoms with Crippen LogP contribution >= 0.6 is 15.9 Å². The summed E-state index contributed by atoms with van der Waals surface area (Å²) in [6, 6.07) is 2.09. The summed E-state index contributed by atoms with van der Waals surface area (Å²) in [5.41, 5.74) is 1.16. The van der Waals surface area contributed by atoms with E-state index in [9.17, 15) is 0 Å². The molecule has 0 spiro atoms. The van der Waals surface area contributed by atoms with Crippen LogP contribution in [0.4, 0.5) is 0 Å². The molecule has 1 saturated carbocycles. The third kappa shape index (κ3) is 2.13. The zero-order valence-electron chi connectivity index (χ0n) is 7.63. The van der Waals surface area contributed by atoms with E-state index in [-0.39, 0.29) is 0 Å². The van der Waals surface area contributed by atoms with Gasteiger partial charge in [0.1, 0.15) is 5.76 Å². The molecule has 0 N–H and O–H groups in total. The van der Waals surface area contributed by atoms with Crippen molar-refractivity contribution in [1.29, 1.82) is 0 Å². The van der Waals surface area contributed by atoms with E-state index < -0.39 is 0 Å². The van der Waals surface area contributed by atoms with Crippen molar-refractivity contribution in [3.05, 3.63) is 17.5 Å². The van der Waals surface area contributed by atoms with Crippen LogP contribution in [0.1, 0.15) is 49.5 Å². The quantitative estimate of drug-likeness (QED) is 0.742. The van der Waals surface area contributed by atoms with Crippen molar-refractivity contribution in [2.24, 2.45) is 0 Å². The zero-order valence-corrected chi connectivity index (χ0v) is 9.22. The fraction of sp³-hybridized carbons (Fsp3) is 0.700. The number of alkyl halides is 1. The van der Waals surface area contributed by atoms with Gasteiger partial charge in [0, 0.05) is 12.0 Å². The molecule has 2 nitrogen and oxygen atoms in total. The van der Waals surface area contributed by atoms with Gasteiger partial charge in [0.15, 0.2) is 0 Å². The molecular weight excluding hydrogens is 230 g/mol. The minimum Gasteiger partial charge on any atom is -0.360 e. The molecule has 72 valence electrons. The van der Waals surface area contributed by atoms with Crippen LogP contribution in [-0.4, -0.2) is 5.16 Å². The lowest BCUT2D eigenvalue weighted by Crippen LogP contribution is -2.04. The lowest BCUT2D eigenvalue weighted by Gasteiger charge is -2.18. The Labute approximate surface area is 86.8 Å². The van der Waals surface area contributed by atoms with Crippen LogP contribution in [0, 0.1) is 0 Å². The molecule has 13 heavy (non-hydrogen) atoms. The zero-order chi connectivity index (χ0) is 9.10. The van der Waals surface area contributed by atoms with Gasteiger partial charge in [0.25, 0.3) is 0 Å². The van der Waals surface area contributed by atoms with E-state index in [1.807, 2.05) is 0 Å². The minimum absolute atomic E-state index is 0.658. The molecule has 0 radical (unpaired) electrons. The molecule has 0 aromatic carbocycles. The molecular formula is C10H14BrNO. The first kappa shape index (κ1) is 9.25. The highest BCUT2D eigenvalue weighted by molar-refractivity contribution is 9.08. The second-order valence-corrected chi connectivity index (χ2v) is 4.25. The SMILES string of the molecule is BrCc1cc(C2CCCCC2)no1. The topological polar surface area (TPSA) is 26.0 Å². The lowest BCUT2D eigenvalue weighted by atomic mass is 9.87. The summed E-state index contributed by atoms with van der Waals surface area (Å²) in [5.74, 6) is 1.60. The van der Waals surface area contributed by atoms with E-state index in [0.29, 0.717) is 5.92 Å². The van der Waals surface area contributed by atoms with Gasteiger partial charge in [-0.3, -0.25) is 0 Å². The predicted octanol–water partition coefficient (Wildman–Crippen LogP) is 3.62. The Morgan fingerprint density at radius 1 is 1.38 bits per heavy atom. The van der Waals surface area contributed by atoms with Crippen LogP contribution in [0.3, 0.4) is 0 Å². The van der Waals surface area contributed by atoms with Crippen molar-refractivity contribution in [2.75, 3.05) is 0 Å². The fourth-order valence-electron chi connectivity index (χ4n) is 1.98. The standard InChI is InChI=1S/C10H14BrNO/c11-7-9-6-10(12-13-9)8-4-2-1-3-5-8/h6,8H,1-5,7H2. The molecule has 1 aliphatic rings. The van der Waals surface area contributed by atoms with E-state index >= 15 is 0 Å². The predicted molar refractivity (Wildman–Crippen MR) is 55.0 cm³/mol. The smallest absolute Gasteiger partial charge is 0.147 e. The maximum Gasteiger partial charge on any atom is 0.147 e. The average Bonchev–Trinajstić information content (AvgIpc) is 2.67. The first-order valence-corrected chi connectivity index (χ1v) is 6.04. The van der Waals surface area contributed by atoms with E-state index in [0.717, 1.165) is 16.8 Å². The summed E-state index contributed by atoms with van der Waals surface area (Å²) in [4.78, 5) is 0. The first-order valence-electron chi connectivity index (χ1n) is 4.91. The Morgan fingerprint density at radius 3 is 2.77 bits per heavy atom. The van der Waals surface area contributed by atoms with Crippen LogP contribution in [0.25, 0.3) is 0 Å². The monoisotopic (exact) mass is 243 g/mol. The maximum absolute atomic E-state index is 5.17. The number of hydrogen-bond acceptors (Lipinski definition) is 2. The molecule has 1 aromatic heterocycles. The van der Waals surface area contributed by atoms with Gasteiger partial charge < -0.3 is 4.52 Å². The number of hydrogen-bond donors (Lipinski definition) is 0. The van der Waals surface area contributed by atoms with Crippen molar-refractivity contribution >= 4 is 15.9 Å². The second-order valence-electron chi connectivity index (χ2n) is 3.69. The molecule has 0 aliphatic heterocycles. The molecule has 0 saturated heterocycles. The van der Waals surface area contributed by atoms with Crippen molar-refractivity contribution in [2.45, 2.75) is 43.4 Å². The number of aromatic nitrogens is 1. The molecule has 0 bridgehead atoms. The largest absolute Gasteiger partial charge is 0.360 e. The van der Waals surface area contributed by atoms with Gasteiger partial charge in [-0.1, -0.05) is 40.3 Å². The average molecular weight is 244 g/mol. The van der Waals surface area contributed by atoms with E-state index in [1.165, 1.54) is 32.1 Å². The lowest BCUT2D eigenvalue weighted by molar-refractivity contribution is 0.366. The normalized spacial score (nSPS) is 19.2. The maximum atomic E-state index is 5.17. The number of nitrogens with zero attached hydrogens (tertiary/aromatic N) is 1. The van der Waals surface area contributed by atoms with Gasteiger partial charge >= 0.3 is 0 Å². The molecule has 2 rings (SSSR count). The summed E-state index contributed by atoms with van der Waals surface area (Å²) in [6.45, 7) is 0. The second kappa shape index (κ2) is 4.27. The molecule has 1 aromatic rings. The summed E-state index contributed by atoms with van der Waals surface area (Å²) in [7, 11) is 0. The Hall–Kier alpha value is -0.310. The summed E-state index contributed by atoms with van der Waals surface area (Å²) >= 11 is 3.36. The number of rotatable bonds is 2. The number of halogens is 1. The summed E-state index contributed by atoms with van der Waals surface area (Å²) in [5, 5.41) is 4.88. The first-order chi connectivity index (χ1) is 6.40. The van der Waals surface area contributed by atoms with Gasteiger partial charge in [-0.25, -0.2) is 0 Å². The van der Waals surface area contributed by atoms with Gasteiger partial charge in [-0.15, -0.1) is 0 Å². The van der Waals surface area contributed by atoms with E-state index in [1.54, 1.807) is 0 Å². The van der Waals surface area contributed by atoms with Gasteiger partial charge in [-0.05, 0) is 12.8 Å². The third-order valence-electron chi connectivity index (χ3n) is 2.73. The van der Waals surface area contributed by atoms with Crippen molar-refractivity contribution in [1.82, 2.24) is 5.16 Å². The van der Waals surface area contributed by atoms with E-state index in [2.05, 4.69) is 27.2 Å². The molecule has 0 amide bonds. The molecule has 1 aliphatic carbocycles. The van der Waals surface area contributed by atoms with Crippen LogP contribution in [0.2, 0.25) is 0 Å². The van der Waals surface area contributed by atoms with Crippen molar-refractivity contribution < 1.29 is 4.52 Å². The fourth-order valence-corrected chi connectivity index (χ4v) is 2.25. The Morgan fingerprint density at radius 2 is 2.15 bits per heavy atom. The van der Waals surface area contributed by atoms with Crippen molar-refractivity contribution in [3.8, 4) is 0 Å². The molecule has 1 heterocycles. The van der Waals surface area contributed by atoms with Crippen LogP contribution in [-0.2, 0) is 5.33 Å². The third-order valence-corrected chi connectivity index (χ3v) is 3.28. The van der Waals surface area contributed by atoms with Gasteiger partial charge in [0.2, 0.25) is 0 Å². The highest BCUT2D eigenvalue weighted by Gasteiger charge is 2.18. The molecule has 1 fully saturated rings. The van der Waals surface area contributed by atoms with E-state index in [4.69, 9.17) is 4.52 Å². The molecule has 0 atom stereocenters. The minimum atomic E-state index is 0.658. The van der Waals surface area contributed by atoms with Gasteiger partial charge in [0.05, 0.1) is 11.0 Å². The highest BCUT2D eigenvalue weighted by atomic mass is 79.9. The van der Waals surface area contributed by atoms with Crippen LogP contribution in [0.15, 0.2) is 10.6 Å². The molecule has 0 unspecified atom stereocenters. The van der Waals surface area contributed by atoms with Crippen molar-refractivity contribution in [3.63, 3.8) is 0 Å². The Bertz CT molecular complexity index is 266. The summed E-state index contributed by atoms with van der Waals surface area (Å²) in [6.07, 6.45) is 6.66. The van der Waals surface area contributed by atoms with Gasteiger partial charge in [-0.2, -0.15) is 0 Å². The van der Waals surface area contributed by atoms with Crippen LogP contribution in [0.5, 0.6) is 0 Å². The Balaban J connectivity index is 2.05. The molecule has 3 heteroatoms. The summed E-state index contributed by atoms with van der Waals surface area (Å²) < 4.78 is 5.17. The Kier molecular flexibility index (Phi) is 3.04. The van der Waals surface area contributed by atoms with Crippen LogP contribution < -0.4 is 0 Å². The highest BCUT2D eigenvalue weighted by Crippen LogP contribution is 2.32.